The van der Waals surface area contributed by atoms with E-state index in [1.54, 1.807) is 27.2 Å². The fraction of sp³-hybridized carbons (Fsp3) is 0.667. The van der Waals surface area contributed by atoms with E-state index < -0.39 is 11.6 Å². The largest absolute Gasteiger partial charge is 0.493 e. The van der Waals surface area contributed by atoms with E-state index in [0.717, 1.165) is 31.2 Å². The molecule has 6 heteroatoms. The molecule has 0 aromatic heterocycles. The summed E-state index contributed by atoms with van der Waals surface area (Å²) in [4.78, 5) is 25.1. The SMILES string of the molecule is CCC(=O)N[C@H](Cc1ccc(OC)c(OC)c1)C(=O)OC1(C)CCC(C(C)C)CC1. The van der Waals surface area contributed by atoms with Gasteiger partial charge in [0, 0.05) is 12.8 Å². The second-order valence-corrected chi connectivity index (χ2v) is 8.82. The van der Waals surface area contributed by atoms with E-state index in [0.29, 0.717) is 36.2 Å². The van der Waals surface area contributed by atoms with E-state index in [1.807, 2.05) is 19.1 Å². The van der Waals surface area contributed by atoms with E-state index in [4.69, 9.17) is 14.2 Å². The van der Waals surface area contributed by atoms with Crippen molar-refractivity contribution in [3.8, 4) is 11.5 Å². The van der Waals surface area contributed by atoms with Crippen LogP contribution in [0.1, 0.15) is 65.4 Å². The van der Waals surface area contributed by atoms with Gasteiger partial charge in [-0.15, -0.1) is 0 Å². The number of carbonyl (C=O) groups excluding carboxylic acids is 2. The predicted octanol–water partition coefficient (Wildman–Crippen LogP) is 4.29. The molecule has 1 aromatic rings. The third kappa shape index (κ3) is 6.38. The smallest absolute Gasteiger partial charge is 0.329 e. The molecule has 30 heavy (non-hydrogen) atoms. The van der Waals surface area contributed by atoms with Crippen molar-refractivity contribution in [1.82, 2.24) is 5.32 Å². The van der Waals surface area contributed by atoms with E-state index in [1.165, 1.54) is 0 Å². The highest BCUT2D eigenvalue weighted by molar-refractivity contribution is 5.84. The summed E-state index contributed by atoms with van der Waals surface area (Å²) < 4.78 is 16.6. The van der Waals surface area contributed by atoms with Gasteiger partial charge >= 0.3 is 5.97 Å². The molecule has 0 unspecified atom stereocenters. The van der Waals surface area contributed by atoms with Crippen LogP contribution in [0.4, 0.5) is 0 Å². The van der Waals surface area contributed by atoms with Crippen LogP contribution in [0.3, 0.4) is 0 Å². The Hall–Kier alpha value is -2.24. The van der Waals surface area contributed by atoms with Crippen LogP contribution in [0.5, 0.6) is 11.5 Å². The van der Waals surface area contributed by atoms with Gasteiger partial charge in [-0.1, -0.05) is 26.8 Å². The minimum absolute atomic E-state index is 0.175. The second kappa shape index (κ2) is 10.7. The Labute approximate surface area is 180 Å². The fourth-order valence-corrected chi connectivity index (χ4v) is 4.07. The van der Waals surface area contributed by atoms with Crippen LogP contribution in [0.25, 0.3) is 0 Å². The van der Waals surface area contributed by atoms with Gasteiger partial charge in [-0.05, 0) is 62.1 Å². The van der Waals surface area contributed by atoms with E-state index >= 15 is 0 Å². The number of hydrogen-bond acceptors (Lipinski definition) is 5. The summed E-state index contributed by atoms with van der Waals surface area (Å²) >= 11 is 0. The van der Waals surface area contributed by atoms with Crippen molar-refractivity contribution in [2.45, 2.75) is 77.9 Å². The van der Waals surface area contributed by atoms with Gasteiger partial charge in [-0.2, -0.15) is 0 Å². The van der Waals surface area contributed by atoms with Gasteiger partial charge in [0.1, 0.15) is 11.6 Å². The number of ether oxygens (including phenoxy) is 3. The molecule has 0 saturated heterocycles. The van der Waals surface area contributed by atoms with Gasteiger partial charge in [-0.25, -0.2) is 4.79 Å². The summed E-state index contributed by atoms with van der Waals surface area (Å²) in [6.45, 7) is 8.27. The lowest BCUT2D eigenvalue weighted by molar-refractivity contribution is -0.166. The molecule has 0 bridgehead atoms. The van der Waals surface area contributed by atoms with Crippen molar-refractivity contribution in [2.24, 2.45) is 11.8 Å². The van der Waals surface area contributed by atoms with E-state index in [9.17, 15) is 9.59 Å². The van der Waals surface area contributed by atoms with E-state index in [2.05, 4.69) is 19.2 Å². The number of carbonyl (C=O) groups is 2. The lowest BCUT2D eigenvalue weighted by Gasteiger charge is -2.39. The Kier molecular flexibility index (Phi) is 8.56. The Bertz CT molecular complexity index is 722. The molecule has 6 nitrogen and oxygen atoms in total. The Balaban J connectivity index is 2.12. The molecule has 0 radical (unpaired) electrons. The first-order valence-corrected chi connectivity index (χ1v) is 10.9. The zero-order valence-electron chi connectivity index (χ0n) is 19.2. The lowest BCUT2D eigenvalue weighted by Crippen LogP contribution is -2.47. The van der Waals surface area contributed by atoms with Crippen LogP contribution in [-0.4, -0.2) is 37.7 Å². The van der Waals surface area contributed by atoms with Crippen molar-refractivity contribution < 1.29 is 23.8 Å². The molecule has 1 aliphatic carbocycles. The third-order valence-electron chi connectivity index (χ3n) is 6.21. The number of hydrogen-bond donors (Lipinski definition) is 1. The lowest BCUT2D eigenvalue weighted by atomic mass is 9.75. The summed E-state index contributed by atoms with van der Waals surface area (Å²) in [6.07, 6.45) is 4.46. The molecule has 0 spiro atoms. The van der Waals surface area contributed by atoms with Crippen molar-refractivity contribution in [1.29, 1.82) is 0 Å². The van der Waals surface area contributed by atoms with E-state index in [-0.39, 0.29) is 11.9 Å². The average molecular weight is 420 g/mol. The average Bonchev–Trinajstić information content (AvgIpc) is 2.72. The third-order valence-corrected chi connectivity index (χ3v) is 6.21. The fourth-order valence-electron chi connectivity index (χ4n) is 4.07. The normalized spacial score (nSPS) is 22.3. The zero-order valence-corrected chi connectivity index (χ0v) is 19.2. The summed E-state index contributed by atoms with van der Waals surface area (Å²) in [5.74, 6) is 1.98. The van der Waals surface area contributed by atoms with Gasteiger partial charge in [0.25, 0.3) is 0 Å². The van der Waals surface area contributed by atoms with Gasteiger partial charge in [0.2, 0.25) is 5.91 Å². The quantitative estimate of drug-likeness (QED) is 0.605. The molecule has 0 aliphatic heterocycles. The topological polar surface area (TPSA) is 73.9 Å². The molecule has 1 saturated carbocycles. The van der Waals surface area contributed by atoms with Gasteiger partial charge in [0.05, 0.1) is 14.2 Å². The summed E-state index contributed by atoms with van der Waals surface area (Å²) in [7, 11) is 3.15. The molecule has 2 rings (SSSR count). The number of rotatable bonds is 9. The first-order chi connectivity index (χ1) is 14.2. The standard InChI is InChI=1S/C24H37NO5/c1-7-22(26)25-19(14-17-8-9-20(28-5)21(15-17)29-6)23(27)30-24(4)12-10-18(11-13-24)16(2)3/h8-9,15-16,18-19H,7,10-14H2,1-6H3,(H,25,26)/t18?,19-,24?/m1/s1. The second-order valence-electron chi connectivity index (χ2n) is 8.82. The maximum absolute atomic E-state index is 13.1. The summed E-state index contributed by atoms with van der Waals surface area (Å²) in [6, 6.07) is 4.75. The highest BCUT2D eigenvalue weighted by Gasteiger charge is 2.37. The highest BCUT2D eigenvalue weighted by Crippen LogP contribution is 2.38. The highest BCUT2D eigenvalue weighted by atomic mass is 16.6. The van der Waals surface area contributed by atoms with Crippen LogP contribution in [0, 0.1) is 11.8 Å². The Morgan fingerprint density at radius 3 is 2.30 bits per heavy atom. The minimum Gasteiger partial charge on any atom is -0.493 e. The number of nitrogens with one attached hydrogen (secondary N) is 1. The molecule has 1 aliphatic rings. The molecule has 1 aromatic carbocycles. The van der Waals surface area contributed by atoms with Crippen LogP contribution < -0.4 is 14.8 Å². The van der Waals surface area contributed by atoms with Crippen LogP contribution in [0.15, 0.2) is 18.2 Å². The first kappa shape index (κ1) is 24.0. The van der Waals surface area contributed by atoms with Crippen LogP contribution in [0.2, 0.25) is 0 Å². The first-order valence-electron chi connectivity index (χ1n) is 10.9. The van der Waals surface area contributed by atoms with Crippen molar-refractivity contribution in [2.75, 3.05) is 14.2 Å². The number of amides is 1. The zero-order chi connectivity index (χ0) is 22.3. The monoisotopic (exact) mass is 419 g/mol. The molecule has 1 amide bonds. The Morgan fingerprint density at radius 2 is 1.77 bits per heavy atom. The molecule has 0 heterocycles. The molecular formula is C24H37NO5. The minimum atomic E-state index is -0.741. The van der Waals surface area contributed by atoms with Crippen LogP contribution in [-0.2, 0) is 20.7 Å². The maximum atomic E-state index is 13.1. The molecule has 1 atom stereocenters. The molecule has 1 N–H and O–H groups in total. The van der Waals surface area contributed by atoms with Gasteiger partial charge in [-0.3, -0.25) is 4.79 Å². The van der Waals surface area contributed by atoms with Crippen molar-refractivity contribution in [3.63, 3.8) is 0 Å². The molecule has 1 fully saturated rings. The Morgan fingerprint density at radius 1 is 1.13 bits per heavy atom. The van der Waals surface area contributed by atoms with Gasteiger partial charge in [0.15, 0.2) is 11.5 Å². The summed E-state index contributed by atoms with van der Waals surface area (Å²) in [5.41, 5.74) is 0.384. The van der Waals surface area contributed by atoms with Gasteiger partial charge < -0.3 is 19.5 Å². The molecular weight excluding hydrogens is 382 g/mol. The summed E-state index contributed by atoms with van der Waals surface area (Å²) in [5, 5.41) is 2.83. The number of benzene rings is 1. The predicted molar refractivity (Wildman–Crippen MR) is 117 cm³/mol. The maximum Gasteiger partial charge on any atom is 0.329 e. The van der Waals surface area contributed by atoms with Crippen LogP contribution >= 0.6 is 0 Å². The van der Waals surface area contributed by atoms with Crippen molar-refractivity contribution in [3.05, 3.63) is 23.8 Å². The number of esters is 1. The number of methoxy groups -OCH3 is 2. The van der Waals surface area contributed by atoms with Crippen molar-refractivity contribution >= 4 is 11.9 Å². The molecule has 168 valence electrons.